The van der Waals surface area contributed by atoms with Crippen LogP contribution in [0.4, 0.5) is 0 Å². The monoisotopic (exact) mass is 205 g/mol. The van der Waals surface area contributed by atoms with Crippen LogP contribution in [-0.4, -0.2) is 10.9 Å². The highest BCUT2D eigenvalue weighted by molar-refractivity contribution is 5.75. The van der Waals surface area contributed by atoms with E-state index in [1.165, 1.54) is 0 Å². The highest BCUT2D eigenvalue weighted by Crippen LogP contribution is 2.05. The van der Waals surface area contributed by atoms with Gasteiger partial charge in [-0.1, -0.05) is 12.5 Å². The minimum absolute atomic E-state index is 0.0211. The molecule has 3 heteroatoms. The lowest BCUT2D eigenvalue weighted by Crippen LogP contribution is -2.14. The zero-order chi connectivity index (χ0) is 10.9. The van der Waals surface area contributed by atoms with Crippen LogP contribution in [0.15, 0.2) is 24.4 Å². The van der Waals surface area contributed by atoms with Crippen LogP contribution in [-0.2, 0) is 11.2 Å². The maximum absolute atomic E-state index is 10.9. The van der Waals surface area contributed by atoms with E-state index in [2.05, 4.69) is 17.3 Å². The first-order chi connectivity index (χ1) is 7.33. The number of hydrogen-bond acceptors (Lipinski definition) is 2. The third kappa shape index (κ3) is 5.15. The minimum atomic E-state index is 0.0211. The van der Waals surface area contributed by atoms with Crippen molar-refractivity contribution < 1.29 is 4.79 Å². The first-order valence-electron chi connectivity index (χ1n) is 5.29. The predicted molar refractivity (Wildman–Crippen MR) is 59.9 cm³/mol. The van der Waals surface area contributed by atoms with Crippen LogP contribution in [0.5, 0.6) is 0 Å². The van der Waals surface area contributed by atoms with Crippen molar-refractivity contribution in [3.8, 4) is 0 Å². The van der Waals surface area contributed by atoms with Crippen molar-refractivity contribution in [2.75, 3.05) is 0 Å². The number of amides is 1. The summed E-state index contributed by atoms with van der Waals surface area (Å²) in [6.45, 7) is 0. The lowest BCUT2D eigenvalue weighted by molar-refractivity contribution is -0.120. The molecule has 0 aromatic carbocycles. The van der Waals surface area contributed by atoms with E-state index in [0.717, 1.165) is 31.4 Å². The van der Waals surface area contributed by atoms with Crippen molar-refractivity contribution in [1.82, 2.24) is 10.3 Å². The van der Waals surface area contributed by atoms with Gasteiger partial charge in [-0.05, 0) is 31.4 Å². The van der Waals surface area contributed by atoms with E-state index in [-0.39, 0.29) is 5.91 Å². The number of carbonyl (C=O) groups is 1. The second-order valence-electron chi connectivity index (χ2n) is 3.48. The van der Waals surface area contributed by atoms with E-state index in [0.29, 0.717) is 6.42 Å². The molecule has 0 aliphatic rings. The molecule has 0 fully saturated rings. The number of nitrogens with one attached hydrogen (secondary N) is 1. The van der Waals surface area contributed by atoms with Crippen LogP contribution in [0.1, 0.15) is 31.4 Å². The van der Waals surface area contributed by atoms with Gasteiger partial charge in [0.25, 0.3) is 0 Å². The second kappa shape index (κ2) is 6.98. The van der Waals surface area contributed by atoms with Gasteiger partial charge in [0, 0.05) is 25.4 Å². The number of unbranched alkanes of at least 4 members (excludes halogenated alkanes) is 2. The minimum Gasteiger partial charge on any atom is -0.354 e. The van der Waals surface area contributed by atoms with Crippen molar-refractivity contribution in [2.24, 2.45) is 0 Å². The molecule has 0 unspecified atom stereocenters. The first-order valence-corrected chi connectivity index (χ1v) is 5.29. The van der Waals surface area contributed by atoms with Gasteiger partial charge in [-0.15, -0.1) is 0 Å². The van der Waals surface area contributed by atoms with E-state index >= 15 is 0 Å². The number of pyridine rings is 1. The largest absolute Gasteiger partial charge is 0.354 e. The molecule has 0 aliphatic heterocycles. The van der Waals surface area contributed by atoms with Gasteiger partial charge < -0.3 is 5.32 Å². The topological polar surface area (TPSA) is 42.0 Å². The third-order valence-electron chi connectivity index (χ3n) is 2.26. The summed E-state index contributed by atoms with van der Waals surface area (Å²) in [6.07, 6.45) is 6.45. The molecule has 0 bridgehead atoms. The zero-order valence-corrected chi connectivity index (χ0v) is 8.91. The number of hydrogen-bond donors (Lipinski definition) is 1. The highest BCUT2D eigenvalue weighted by Gasteiger charge is 1.98. The van der Waals surface area contributed by atoms with Crippen molar-refractivity contribution >= 4 is 5.91 Å². The Morgan fingerprint density at radius 1 is 1.33 bits per heavy atom. The molecule has 1 N–H and O–H groups in total. The molecule has 81 valence electrons. The van der Waals surface area contributed by atoms with Gasteiger partial charge in [-0.3, -0.25) is 9.78 Å². The number of rotatable bonds is 6. The van der Waals surface area contributed by atoms with Crippen LogP contribution in [0.25, 0.3) is 0 Å². The Kier molecular flexibility index (Phi) is 5.44. The molecular weight excluding hydrogens is 188 g/mol. The summed E-state index contributed by atoms with van der Waals surface area (Å²) < 4.78 is 0. The van der Waals surface area contributed by atoms with E-state index < -0.39 is 0 Å². The van der Waals surface area contributed by atoms with Crippen molar-refractivity contribution in [3.63, 3.8) is 0 Å². The fourth-order valence-electron chi connectivity index (χ4n) is 1.40. The van der Waals surface area contributed by atoms with Gasteiger partial charge in [-0.25, -0.2) is 0 Å². The van der Waals surface area contributed by atoms with Gasteiger partial charge >= 0.3 is 0 Å². The van der Waals surface area contributed by atoms with Gasteiger partial charge in [0.2, 0.25) is 5.91 Å². The quantitative estimate of drug-likeness (QED) is 0.722. The Labute approximate surface area is 90.9 Å². The summed E-state index contributed by atoms with van der Waals surface area (Å²) >= 11 is 0. The molecule has 15 heavy (non-hydrogen) atoms. The molecule has 0 spiro atoms. The van der Waals surface area contributed by atoms with Gasteiger partial charge in [0.05, 0.1) is 0 Å². The lowest BCUT2D eigenvalue weighted by Gasteiger charge is -2.00. The Morgan fingerprint density at radius 3 is 2.87 bits per heavy atom. The predicted octanol–water partition coefficient (Wildman–Crippen LogP) is 2.09. The standard InChI is InChI=1S/C12H17N2O/c1-13-12(15)9-4-2-3-7-11-8-5-6-10-14-11/h5-6,8,10H,1-4,7,9H2,(H,13,15). The molecule has 0 aliphatic carbocycles. The molecule has 3 nitrogen and oxygen atoms in total. The van der Waals surface area contributed by atoms with E-state index in [1.807, 2.05) is 24.4 Å². The molecule has 0 saturated heterocycles. The van der Waals surface area contributed by atoms with Crippen LogP contribution >= 0.6 is 0 Å². The van der Waals surface area contributed by atoms with Crippen LogP contribution in [0.3, 0.4) is 0 Å². The molecule has 0 atom stereocenters. The number of aromatic nitrogens is 1. The molecule has 1 rings (SSSR count). The summed E-state index contributed by atoms with van der Waals surface area (Å²) in [4.78, 5) is 15.1. The summed E-state index contributed by atoms with van der Waals surface area (Å²) in [6, 6.07) is 5.95. The third-order valence-corrected chi connectivity index (χ3v) is 2.26. The number of carbonyl (C=O) groups excluding carboxylic acids is 1. The molecular formula is C12H17N2O. The average molecular weight is 205 g/mol. The maximum atomic E-state index is 10.9. The fourth-order valence-corrected chi connectivity index (χ4v) is 1.40. The normalized spacial score (nSPS) is 9.93. The first kappa shape index (κ1) is 11.7. The van der Waals surface area contributed by atoms with E-state index in [9.17, 15) is 4.79 Å². The lowest BCUT2D eigenvalue weighted by atomic mass is 10.1. The number of aryl methyl sites for hydroxylation is 1. The summed E-state index contributed by atoms with van der Waals surface area (Å²) in [5.74, 6) is 0.0211. The molecule has 1 aromatic heterocycles. The number of nitrogens with zero attached hydrogens (tertiary/aromatic N) is 1. The molecule has 1 aromatic rings. The SMILES string of the molecule is [CH2]NC(=O)CCCCCc1ccccn1. The summed E-state index contributed by atoms with van der Waals surface area (Å²) in [5.41, 5.74) is 1.12. The molecule has 1 heterocycles. The van der Waals surface area contributed by atoms with Gasteiger partial charge in [0.1, 0.15) is 0 Å². The van der Waals surface area contributed by atoms with E-state index in [1.54, 1.807) is 0 Å². The summed E-state index contributed by atoms with van der Waals surface area (Å²) in [7, 11) is 3.32. The van der Waals surface area contributed by atoms with Crippen molar-refractivity contribution in [1.29, 1.82) is 0 Å². The molecule has 1 radical (unpaired) electrons. The Bertz CT molecular complexity index is 285. The van der Waals surface area contributed by atoms with Crippen LogP contribution in [0.2, 0.25) is 0 Å². The Hall–Kier alpha value is -1.38. The average Bonchev–Trinajstić information content (AvgIpc) is 2.29. The second-order valence-corrected chi connectivity index (χ2v) is 3.48. The maximum Gasteiger partial charge on any atom is 0.220 e. The van der Waals surface area contributed by atoms with E-state index in [4.69, 9.17) is 0 Å². The fraction of sp³-hybridized carbons (Fsp3) is 0.417. The Morgan fingerprint density at radius 2 is 2.20 bits per heavy atom. The Balaban J connectivity index is 2.05. The van der Waals surface area contributed by atoms with Crippen LogP contribution in [0, 0.1) is 7.05 Å². The smallest absolute Gasteiger partial charge is 0.220 e. The zero-order valence-electron chi connectivity index (χ0n) is 8.91. The molecule has 1 amide bonds. The van der Waals surface area contributed by atoms with Crippen molar-refractivity contribution in [3.05, 3.63) is 37.1 Å². The highest BCUT2D eigenvalue weighted by atomic mass is 16.1. The molecule has 0 saturated carbocycles. The van der Waals surface area contributed by atoms with Crippen molar-refractivity contribution in [2.45, 2.75) is 32.1 Å². The summed E-state index contributed by atoms with van der Waals surface area (Å²) in [5, 5.41) is 2.37. The van der Waals surface area contributed by atoms with Crippen LogP contribution < -0.4 is 5.32 Å². The van der Waals surface area contributed by atoms with Gasteiger partial charge in [0.15, 0.2) is 0 Å². The van der Waals surface area contributed by atoms with Gasteiger partial charge in [-0.2, -0.15) is 0 Å².